The summed E-state index contributed by atoms with van der Waals surface area (Å²) in [6.07, 6.45) is 6.01. The van der Waals surface area contributed by atoms with E-state index < -0.39 is 0 Å². The summed E-state index contributed by atoms with van der Waals surface area (Å²) < 4.78 is 10.8. The summed E-state index contributed by atoms with van der Waals surface area (Å²) >= 11 is 5.20. The van der Waals surface area contributed by atoms with Gasteiger partial charge in [-0.1, -0.05) is 32.6 Å². The summed E-state index contributed by atoms with van der Waals surface area (Å²) in [5, 5.41) is 5.89. The fourth-order valence-electron chi connectivity index (χ4n) is 2.61. The Hall–Kier alpha value is -2.60. The summed E-state index contributed by atoms with van der Waals surface area (Å²) in [5.41, 5.74) is 1.29. The van der Waals surface area contributed by atoms with Gasteiger partial charge in [0, 0.05) is 11.3 Å². The molecule has 0 unspecified atom stereocenters. The zero-order chi connectivity index (χ0) is 20.2. The number of hydrogen-bond acceptors (Lipinski definition) is 4. The van der Waals surface area contributed by atoms with E-state index in [1.807, 2.05) is 24.3 Å². The Morgan fingerprint density at radius 3 is 2.21 bits per heavy atom. The van der Waals surface area contributed by atoms with Gasteiger partial charge < -0.3 is 14.8 Å². The van der Waals surface area contributed by atoms with Crippen LogP contribution in [0.1, 0.15) is 49.4 Å². The Kier molecular flexibility index (Phi) is 9.28. The Balaban J connectivity index is 1.76. The van der Waals surface area contributed by atoms with Gasteiger partial charge in [-0.25, -0.2) is 0 Å². The molecule has 150 valence electrons. The molecule has 0 bridgehead atoms. The van der Waals surface area contributed by atoms with Gasteiger partial charge in [-0.05, 0) is 67.2 Å². The van der Waals surface area contributed by atoms with Crippen LogP contribution in [0.5, 0.6) is 11.5 Å². The van der Waals surface area contributed by atoms with E-state index in [1.54, 1.807) is 31.4 Å². The monoisotopic (exact) mass is 400 g/mol. The van der Waals surface area contributed by atoms with E-state index in [4.69, 9.17) is 21.7 Å². The second kappa shape index (κ2) is 12.0. The number of carbonyl (C=O) groups excluding carboxylic acids is 1. The normalized spacial score (nSPS) is 10.2. The molecular formula is C22H28N2O3S. The third-order valence-corrected chi connectivity index (χ3v) is 4.41. The summed E-state index contributed by atoms with van der Waals surface area (Å²) in [4.78, 5) is 12.3. The Labute approximate surface area is 172 Å². The molecule has 2 aromatic rings. The molecule has 28 heavy (non-hydrogen) atoms. The fourth-order valence-corrected chi connectivity index (χ4v) is 2.82. The minimum Gasteiger partial charge on any atom is -0.497 e. The van der Waals surface area contributed by atoms with Gasteiger partial charge in [0.25, 0.3) is 5.91 Å². The van der Waals surface area contributed by atoms with Gasteiger partial charge in [0.05, 0.1) is 13.7 Å². The second-order valence-corrected chi connectivity index (χ2v) is 6.83. The number of thiocarbonyl (C=S) groups is 1. The highest BCUT2D eigenvalue weighted by Gasteiger charge is 2.08. The van der Waals surface area contributed by atoms with Crippen LogP contribution in [-0.2, 0) is 0 Å². The van der Waals surface area contributed by atoms with Gasteiger partial charge in [0.2, 0.25) is 0 Å². The fraction of sp³-hybridized carbons (Fsp3) is 0.364. The highest BCUT2D eigenvalue weighted by Crippen LogP contribution is 2.15. The Bertz CT molecular complexity index is 745. The minimum atomic E-state index is -0.267. The van der Waals surface area contributed by atoms with Crippen molar-refractivity contribution in [1.29, 1.82) is 0 Å². The standard InChI is InChI=1S/C22H28N2O3S/c1-3-4-5-6-7-16-27-20-12-8-17(9-13-20)21(25)24-22(28)23-18-10-14-19(26-2)15-11-18/h8-15H,3-7,16H2,1-2H3,(H2,23,24,25,28). The quantitative estimate of drug-likeness (QED) is 0.425. The number of amides is 1. The van der Waals surface area contributed by atoms with Gasteiger partial charge >= 0.3 is 0 Å². The van der Waals surface area contributed by atoms with Crippen molar-refractivity contribution in [1.82, 2.24) is 5.32 Å². The average molecular weight is 401 g/mol. The van der Waals surface area contributed by atoms with Crippen molar-refractivity contribution < 1.29 is 14.3 Å². The van der Waals surface area contributed by atoms with Crippen LogP contribution in [0.2, 0.25) is 0 Å². The molecular weight excluding hydrogens is 372 g/mol. The van der Waals surface area contributed by atoms with Crippen molar-refractivity contribution in [2.45, 2.75) is 39.0 Å². The molecule has 0 radical (unpaired) electrons. The van der Waals surface area contributed by atoms with Crippen molar-refractivity contribution in [2.24, 2.45) is 0 Å². The first-order valence-electron chi connectivity index (χ1n) is 9.61. The molecule has 0 aliphatic carbocycles. The highest BCUT2D eigenvalue weighted by atomic mass is 32.1. The molecule has 5 nitrogen and oxygen atoms in total. The SMILES string of the molecule is CCCCCCCOc1ccc(C(=O)NC(=S)Nc2ccc(OC)cc2)cc1. The number of carbonyl (C=O) groups is 1. The third kappa shape index (κ3) is 7.56. The molecule has 0 aromatic heterocycles. The highest BCUT2D eigenvalue weighted by molar-refractivity contribution is 7.80. The van der Waals surface area contributed by atoms with Crippen LogP contribution in [-0.4, -0.2) is 24.7 Å². The molecule has 1 amide bonds. The lowest BCUT2D eigenvalue weighted by atomic mass is 10.2. The van der Waals surface area contributed by atoms with Gasteiger partial charge in [0.15, 0.2) is 5.11 Å². The number of ether oxygens (including phenoxy) is 2. The zero-order valence-corrected chi connectivity index (χ0v) is 17.3. The van der Waals surface area contributed by atoms with Crippen molar-refractivity contribution in [3.05, 3.63) is 54.1 Å². The molecule has 0 spiro atoms. The number of anilines is 1. The lowest BCUT2D eigenvalue weighted by Crippen LogP contribution is -2.34. The molecule has 0 saturated heterocycles. The molecule has 2 N–H and O–H groups in total. The molecule has 6 heteroatoms. The van der Waals surface area contributed by atoms with E-state index in [-0.39, 0.29) is 11.0 Å². The summed E-state index contributed by atoms with van der Waals surface area (Å²) in [6, 6.07) is 14.4. The van der Waals surface area contributed by atoms with Crippen LogP contribution in [0.15, 0.2) is 48.5 Å². The molecule has 0 atom stereocenters. The van der Waals surface area contributed by atoms with E-state index in [9.17, 15) is 4.79 Å². The predicted octanol–water partition coefficient (Wildman–Crippen LogP) is 5.17. The minimum absolute atomic E-state index is 0.238. The van der Waals surface area contributed by atoms with Crippen LogP contribution < -0.4 is 20.1 Å². The predicted molar refractivity (Wildman–Crippen MR) is 117 cm³/mol. The lowest BCUT2D eigenvalue weighted by molar-refractivity contribution is 0.0977. The summed E-state index contributed by atoms with van der Waals surface area (Å²) in [6.45, 7) is 2.90. The lowest BCUT2D eigenvalue weighted by Gasteiger charge is -2.11. The van der Waals surface area contributed by atoms with E-state index in [1.165, 1.54) is 25.7 Å². The first-order chi connectivity index (χ1) is 13.6. The van der Waals surface area contributed by atoms with Gasteiger partial charge in [-0.2, -0.15) is 0 Å². The van der Waals surface area contributed by atoms with Crippen molar-refractivity contribution >= 4 is 28.9 Å². The second-order valence-electron chi connectivity index (χ2n) is 6.42. The van der Waals surface area contributed by atoms with Crippen LogP contribution in [0.3, 0.4) is 0 Å². The Morgan fingerprint density at radius 2 is 1.57 bits per heavy atom. The maximum absolute atomic E-state index is 12.3. The van der Waals surface area contributed by atoms with Crippen LogP contribution in [0, 0.1) is 0 Å². The smallest absolute Gasteiger partial charge is 0.257 e. The molecule has 0 saturated carbocycles. The van der Waals surface area contributed by atoms with E-state index in [0.29, 0.717) is 12.2 Å². The molecule has 0 heterocycles. The zero-order valence-electron chi connectivity index (χ0n) is 16.5. The number of hydrogen-bond donors (Lipinski definition) is 2. The van der Waals surface area contributed by atoms with Crippen molar-refractivity contribution in [3.63, 3.8) is 0 Å². The topological polar surface area (TPSA) is 59.6 Å². The first-order valence-corrected chi connectivity index (χ1v) is 10.0. The largest absolute Gasteiger partial charge is 0.497 e. The van der Waals surface area contributed by atoms with Crippen LogP contribution in [0.4, 0.5) is 5.69 Å². The van der Waals surface area contributed by atoms with Crippen molar-refractivity contribution in [2.75, 3.05) is 19.0 Å². The van der Waals surface area contributed by atoms with E-state index in [0.717, 1.165) is 23.6 Å². The Morgan fingerprint density at radius 1 is 0.929 bits per heavy atom. The van der Waals surface area contributed by atoms with Gasteiger partial charge in [0.1, 0.15) is 11.5 Å². The summed E-state index contributed by atoms with van der Waals surface area (Å²) in [7, 11) is 1.61. The van der Waals surface area contributed by atoms with Crippen LogP contribution >= 0.6 is 12.2 Å². The molecule has 2 aromatic carbocycles. The molecule has 0 aliphatic heterocycles. The number of rotatable bonds is 10. The maximum Gasteiger partial charge on any atom is 0.257 e. The number of unbranched alkanes of at least 4 members (excludes halogenated alkanes) is 4. The maximum atomic E-state index is 12.3. The van der Waals surface area contributed by atoms with Crippen molar-refractivity contribution in [3.8, 4) is 11.5 Å². The van der Waals surface area contributed by atoms with E-state index >= 15 is 0 Å². The summed E-state index contributed by atoms with van der Waals surface area (Å²) in [5.74, 6) is 1.26. The number of methoxy groups -OCH3 is 1. The van der Waals surface area contributed by atoms with Crippen LogP contribution in [0.25, 0.3) is 0 Å². The number of nitrogens with one attached hydrogen (secondary N) is 2. The molecule has 2 rings (SSSR count). The number of benzene rings is 2. The first kappa shape index (κ1) is 21.7. The van der Waals surface area contributed by atoms with E-state index in [2.05, 4.69) is 17.6 Å². The average Bonchev–Trinajstić information content (AvgIpc) is 2.71. The van der Waals surface area contributed by atoms with Gasteiger partial charge in [-0.3, -0.25) is 10.1 Å². The molecule has 0 fully saturated rings. The third-order valence-electron chi connectivity index (χ3n) is 4.21. The molecule has 0 aliphatic rings. The van der Waals surface area contributed by atoms with Gasteiger partial charge in [-0.15, -0.1) is 0 Å².